The van der Waals surface area contributed by atoms with Crippen LogP contribution in [0.1, 0.15) is 59.9 Å². The lowest BCUT2D eigenvalue weighted by Gasteiger charge is -2.47. The molecule has 1 aliphatic carbocycles. The van der Waals surface area contributed by atoms with Gasteiger partial charge in [0.2, 0.25) is 0 Å². The monoisotopic (exact) mass is 773 g/mol. The summed E-state index contributed by atoms with van der Waals surface area (Å²) in [4.78, 5) is 16.2. The number of hydrogen-bond acceptors (Lipinski definition) is 6. The minimum Gasteiger partial charge on any atom is -0.459 e. The Morgan fingerprint density at radius 1 is 0.830 bits per heavy atom. The summed E-state index contributed by atoms with van der Waals surface area (Å²) in [6.45, 7) is 15.0. The molecule has 2 fully saturated rings. The first-order valence-electron chi connectivity index (χ1n) is 18.3. The molecule has 0 spiro atoms. The van der Waals surface area contributed by atoms with E-state index in [9.17, 15) is 13.2 Å². The molecule has 4 atom stereocenters. The molecule has 1 heterocycles. The summed E-state index contributed by atoms with van der Waals surface area (Å²) >= 11 is 6.31. The largest absolute Gasteiger partial charge is 0.459 e. The average Bonchev–Trinajstić information content (AvgIpc) is 3.71. The van der Waals surface area contributed by atoms with Crippen molar-refractivity contribution in [2.75, 3.05) is 31.1 Å². The number of esters is 1. The van der Waals surface area contributed by atoms with E-state index in [1.165, 1.54) is 4.31 Å². The van der Waals surface area contributed by atoms with Gasteiger partial charge in [-0.2, -0.15) is 17.4 Å². The van der Waals surface area contributed by atoms with Crippen LogP contribution in [0.25, 0.3) is 0 Å². The summed E-state index contributed by atoms with van der Waals surface area (Å²) in [5.74, 6) is -1.27. The van der Waals surface area contributed by atoms with E-state index >= 15 is 0 Å². The van der Waals surface area contributed by atoms with Crippen LogP contribution in [0.2, 0.25) is 10.1 Å². The maximum atomic E-state index is 14.6. The molecule has 2 aliphatic rings. The average molecular weight is 774 g/mol. The number of nitrogens with zero attached hydrogens (tertiary/aromatic N) is 2. The van der Waals surface area contributed by atoms with Crippen LogP contribution in [0.5, 0.6) is 0 Å². The second kappa shape index (κ2) is 15.0. The van der Waals surface area contributed by atoms with E-state index in [1.54, 1.807) is 20.8 Å². The Balaban J connectivity index is 1.36. The highest BCUT2D eigenvalue weighted by molar-refractivity contribution is 7.87. The van der Waals surface area contributed by atoms with Gasteiger partial charge in [0.15, 0.2) is 0 Å². The number of piperazine rings is 1. The Hall–Kier alpha value is -3.51. The summed E-state index contributed by atoms with van der Waals surface area (Å²) in [5.41, 5.74) is -0.424. The lowest BCUT2D eigenvalue weighted by Crippen LogP contribution is -2.68. The van der Waals surface area contributed by atoms with E-state index in [1.807, 2.05) is 73.7 Å². The second-order valence-electron chi connectivity index (χ2n) is 16.3. The molecule has 0 bridgehead atoms. The molecule has 0 amide bonds. The number of halogens is 1. The number of carbonyl (C=O) groups excluding carboxylic acids is 1. The number of rotatable bonds is 11. The predicted molar refractivity (Wildman–Crippen MR) is 217 cm³/mol. The Bertz CT molecular complexity index is 1930. The van der Waals surface area contributed by atoms with Gasteiger partial charge in [-0.1, -0.05) is 130 Å². The molecule has 6 rings (SSSR count). The third kappa shape index (κ3) is 7.86. The Morgan fingerprint density at radius 2 is 1.36 bits per heavy atom. The van der Waals surface area contributed by atoms with Crippen molar-refractivity contribution >= 4 is 52.2 Å². The van der Waals surface area contributed by atoms with Crippen molar-refractivity contribution in [2.45, 2.75) is 76.6 Å². The molecule has 1 N–H and O–H groups in total. The summed E-state index contributed by atoms with van der Waals surface area (Å²) < 4.78 is 46.9. The van der Waals surface area contributed by atoms with Gasteiger partial charge in [0.25, 0.3) is 18.5 Å². The fourth-order valence-electron chi connectivity index (χ4n) is 8.07. The highest BCUT2D eigenvalue weighted by Gasteiger charge is 2.71. The van der Waals surface area contributed by atoms with Crippen LogP contribution in [0.15, 0.2) is 115 Å². The van der Waals surface area contributed by atoms with Crippen LogP contribution in [0, 0.1) is 5.92 Å². The number of ether oxygens (including phenoxy) is 1. The molecule has 4 aromatic carbocycles. The highest BCUT2D eigenvalue weighted by Crippen LogP contribution is 2.58. The van der Waals surface area contributed by atoms with Crippen LogP contribution in [0.4, 0.5) is 5.69 Å². The lowest BCUT2D eigenvalue weighted by atomic mass is 10.1. The number of nitrogens with one attached hydrogen (secondary N) is 1. The van der Waals surface area contributed by atoms with Crippen LogP contribution in [0.3, 0.4) is 0 Å². The van der Waals surface area contributed by atoms with Gasteiger partial charge >= 0.3 is 5.97 Å². The molecular formula is C42H52ClN3O5SSi. The summed E-state index contributed by atoms with van der Waals surface area (Å²) in [7, 11) is -7.15. The molecule has 1 saturated heterocycles. The molecule has 0 radical (unpaired) electrons. The van der Waals surface area contributed by atoms with Crippen molar-refractivity contribution in [3.63, 3.8) is 0 Å². The normalized spacial score (nSPS) is 22.7. The van der Waals surface area contributed by atoms with Gasteiger partial charge in [0.05, 0.1) is 12.6 Å². The van der Waals surface area contributed by atoms with Crippen LogP contribution in [-0.4, -0.2) is 70.4 Å². The number of anilines is 1. The zero-order valence-electron chi connectivity index (χ0n) is 31.8. The molecule has 1 aliphatic heterocycles. The molecular weight excluding hydrogens is 722 g/mol. The topological polar surface area (TPSA) is 88.2 Å². The standard InChI is InChI=1S/C42H52ClN3O5SSi/c1-31-38(32-17-11-8-12-18-32)42(31,39(47)51-40(2,3)4)44-52(48,49)45-27-28-46(34-25-23-33(43)24-26-34)35(29-45)30-50-53(41(5,6)7,36-19-13-9-14-20-36)37-21-15-10-16-22-37/h8-26,31,35,38,44H,27-30H2,1-7H3/t31-,35?,38-,42+/m1/s1. The van der Waals surface area contributed by atoms with Gasteiger partial charge in [0.1, 0.15) is 11.1 Å². The third-order valence-electron chi connectivity index (χ3n) is 10.6. The molecule has 4 aromatic rings. The molecule has 1 unspecified atom stereocenters. The van der Waals surface area contributed by atoms with Crippen LogP contribution in [-0.2, 0) is 24.2 Å². The van der Waals surface area contributed by atoms with Gasteiger partial charge in [0, 0.05) is 36.3 Å². The fourth-order valence-corrected chi connectivity index (χ4v) is 14.4. The van der Waals surface area contributed by atoms with Crippen LogP contribution < -0.4 is 20.0 Å². The van der Waals surface area contributed by atoms with Crippen molar-refractivity contribution in [3.05, 3.63) is 126 Å². The fraction of sp³-hybridized carbons (Fsp3) is 0.405. The summed E-state index contributed by atoms with van der Waals surface area (Å²) in [5, 5.41) is 2.65. The maximum absolute atomic E-state index is 14.6. The third-order valence-corrected chi connectivity index (χ3v) is 17.5. The number of hydrogen-bond donors (Lipinski definition) is 1. The zero-order valence-corrected chi connectivity index (χ0v) is 34.3. The smallest absolute Gasteiger partial charge is 0.328 e. The summed E-state index contributed by atoms with van der Waals surface area (Å²) in [6.07, 6.45) is 0. The van der Waals surface area contributed by atoms with E-state index in [4.69, 9.17) is 20.8 Å². The molecule has 282 valence electrons. The van der Waals surface area contributed by atoms with Crippen molar-refractivity contribution < 1.29 is 22.4 Å². The lowest BCUT2D eigenvalue weighted by molar-refractivity contribution is -0.158. The molecule has 0 aromatic heterocycles. The molecule has 1 saturated carbocycles. The number of benzene rings is 4. The minimum absolute atomic E-state index is 0.144. The molecule has 11 heteroatoms. The second-order valence-corrected chi connectivity index (χ2v) is 22.7. The van der Waals surface area contributed by atoms with Gasteiger partial charge in [-0.15, -0.1) is 0 Å². The summed E-state index contributed by atoms with van der Waals surface area (Å²) in [6, 6.07) is 37.7. The predicted octanol–water partition coefficient (Wildman–Crippen LogP) is 6.76. The number of carbonyl (C=O) groups is 1. The van der Waals surface area contributed by atoms with E-state index in [2.05, 4.69) is 78.9 Å². The first kappa shape index (κ1) is 39.2. The van der Waals surface area contributed by atoms with Gasteiger partial charge < -0.3 is 14.1 Å². The zero-order chi connectivity index (χ0) is 38.2. The van der Waals surface area contributed by atoms with E-state index in [-0.39, 0.29) is 42.6 Å². The Morgan fingerprint density at radius 3 is 1.87 bits per heavy atom. The first-order chi connectivity index (χ1) is 25.0. The highest BCUT2D eigenvalue weighted by atomic mass is 35.5. The Kier molecular flexibility index (Phi) is 11.1. The van der Waals surface area contributed by atoms with Crippen LogP contribution >= 0.6 is 11.6 Å². The van der Waals surface area contributed by atoms with Gasteiger partial charge in [-0.25, -0.2) is 4.79 Å². The van der Waals surface area contributed by atoms with E-state index in [0.717, 1.165) is 21.6 Å². The molecule has 8 nitrogen and oxygen atoms in total. The maximum Gasteiger partial charge on any atom is 0.328 e. The van der Waals surface area contributed by atoms with Crippen molar-refractivity contribution in [1.29, 1.82) is 0 Å². The first-order valence-corrected chi connectivity index (χ1v) is 22.1. The Labute approximate surface area is 321 Å². The quantitative estimate of drug-likeness (QED) is 0.134. The molecule has 53 heavy (non-hydrogen) atoms. The van der Waals surface area contributed by atoms with E-state index in [0.29, 0.717) is 11.6 Å². The van der Waals surface area contributed by atoms with Crippen molar-refractivity contribution in [3.8, 4) is 0 Å². The van der Waals surface area contributed by atoms with Crippen molar-refractivity contribution in [2.24, 2.45) is 5.92 Å². The van der Waals surface area contributed by atoms with E-state index < -0.39 is 35.6 Å². The van der Waals surface area contributed by atoms with Gasteiger partial charge in [-0.05, 0) is 71.9 Å². The SMILES string of the molecule is C[C@@H]1[C@H](c2ccccc2)[C@]1(NS(=O)(=O)N1CCN(c2ccc(Cl)cc2)C(CO[Si](c2ccccc2)(c2ccccc2)C(C)(C)C)C1)C(=O)OC(C)(C)C. The minimum atomic E-state index is -4.19. The van der Waals surface area contributed by atoms with Crippen molar-refractivity contribution in [1.82, 2.24) is 9.03 Å². The van der Waals surface area contributed by atoms with Gasteiger partial charge in [-0.3, -0.25) is 0 Å².